The minimum atomic E-state index is -0.529. The molecule has 2 heterocycles. The van der Waals surface area contributed by atoms with Gasteiger partial charge in [0, 0.05) is 37.1 Å². The van der Waals surface area contributed by atoms with E-state index in [4.69, 9.17) is 5.73 Å². The molecule has 5 rings (SSSR count). The van der Waals surface area contributed by atoms with E-state index in [-0.39, 0.29) is 11.7 Å². The van der Waals surface area contributed by atoms with E-state index in [0.29, 0.717) is 24.3 Å². The molecule has 4 aromatic rings. The maximum absolute atomic E-state index is 13.3. The van der Waals surface area contributed by atoms with Crippen molar-refractivity contribution in [3.05, 3.63) is 94.7 Å². The number of primary amides is 1. The SMILES string of the molecule is Cc1c(-c2ccc(-n3cnn(C)c3=O)cc2)cccc1N1CCN(c2cccc(C(N)=O)c2)C1=O. The lowest BCUT2D eigenvalue weighted by molar-refractivity contribution is 0.1000. The molecule has 0 unspecified atom stereocenters. The average molecular weight is 469 g/mol. The van der Waals surface area contributed by atoms with E-state index in [9.17, 15) is 14.4 Å². The Hall–Kier alpha value is -4.66. The molecule has 2 N–H and O–H groups in total. The van der Waals surface area contributed by atoms with Crippen LogP contribution < -0.4 is 21.2 Å². The summed E-state index contributed by atoms with van der Waals surface area (Å²) >= 11 is 0. The summed E-state index contributed by atoms with van der Waals surface area (Å²) in [6.45, 7) is 3.01. The number of aromatic nitrogens is 3. The van der Waals surface area contributed by atoms with Crippen LogP contribution in [0.25, 0.3) is 16.8 Å². The molecule has 9 heteroatoms. The van der Waals surface area contributed by atoms with E-state index < -0.39 is 5.91 Å². The number of hydrogen-bond donors (Lipinski definition) is 1. The number of anilines is 2. The van der Waals surface area contributed by atoms with Gasteiger partial charge in [-0.25, -0.2) is 18.8 Å². The summed E-state index contributed by atoms with van der Waals surface area (Å²) in [4.78, 5) is 40.5. The summed E-state index contributed by atoms with van der Waals surface area (Å²) < 4.78 is 2.76. The Morgan fingerprint density at radius 1 is 0.914 bits per heavy atom. The Bertz CT molecular complexity index is 1500. The predicted molar refractivity (Wildman–Crippen MR) is 134 cm³/mol. The maximum atomic E-state index is 13.3. The second kappa shape index (κ2) is 8.60. The third-order valence-corrected chi connectivity index (χ3v) is 6.33. The summed E-state index contributed by atoms with van der Waals surface area (Å²) in [5.41, 5.74) is 10.7. The van der Waals surface area contributed by atoms with Gasteiger partial charge >= 0.3 is 11.7 Å². The lowest BCUT2D eigenvalue weighted by atomic mass is 9.98. The first-order chi connectivity index (χ1) is 16.8. The van der Waals surface area contributed by atoms with E-state index in [1.807, 2.05) is 49.4 Å². The van der Waals surface area contributed by atoms with Crippen LogP contribution in [0.1, 0.15) is 15.9 Å². The Kier molecular flexibility index (Phi) is 5.44. The van der Waals surface area contributed by atoms with Crippen LogP contribution in [0.3, 0.4) is 0 Å². The van der Waals surface area contributed by atoms with Crippen molar-refractivity contribution in [1.82, 2.24) is 14.3 Å². The van der Waals surface area contributed by atoms with Gasteiger partial charge in [0.2, 0.25) is 5.91 Å². The Balaban J connectivity index is 1.43. The lowest BCUT2D eigenvalue weighted by Gasteiger charge is -2.22. The molecule has 1 aliphatic heterocycles. The molecule has 35 heavy (non-hydrogen) atoms. The van der Waals surface area contributed by atoms with Crippen molar-refractivity contribution in [2.75, 3.05) is 22.9 Å². The molecule has 0 saturated carbocycles. The average Bonchev–Trinajstić information content (AvgIpc) is 3.41. The monoisotopic (exact) mass is 468 g/mol. The summed E-state index contributed by atoms with van der Waals surface area (Å²) in [5.74, 6) is -0.529. The maximum Gasteiger partial charge on any atom is 0.350 e. The number of urea groups is 1. The topological polar surface area (TPSA) is 106 Å². The van der Waals surface area contributed by atoms with Gasteiger partial charge in [-0.1, -0.05) is 30.3 Å². The Labute approximate surface area is 201 Å². The fourth-order valence-corrected chi connectivity index (χ4v) is 4.42. The molecule has 3 aromatic carbocycles. The zero-order valence-corrected chi connectivity index (χ0v) is 19.4. The molecule has 1 aromatic heterocycles. The molecule has 1 aliphatic rings. The first-order valence-electron chi connectivity index (χ1n) is 11.1. The third-order valence-electron chi connectivity index (χ3n) is 6.33. The number of carbonyl (C=O) groups is 2. The van der Waals surface area contributed by atoms with Crippen molar-refractivity contribution in [3.63, 3.8) is 0 Å². The first kappa shape index (κ1) is 22.1. The van der Waals surface area contributed by atoms with Crippen molar-refractivity contribution in [2.24, 2.45) is 12.8 Å². The zero-order valence-electron chi connectivity index (χ0n) is 19.4. The molecule has 0 bridgehead atoms. The fraction of sp³-hybridized carbons (Fsp3) is 0.154. The van der Waals surface area contributed by atoms with Crippen LogP contribution in [0.15, 0.2) is 77.9 Å². The predicted octanol–water partition coefficient (Wildman–Crippen LogP) is 3.09. The van der Waals surface area contributed by atoms with Gasteiger partial charge in [0.05, 0.1) is 5.69 Å². The summed E-state index contributed by atoms with van der Waals surface area (Å²) in [6.07, 6.45) is 1.49. The van der Waals surface area contributed by atoms with Crippen LogP contribution in [0.4, 0.5) is 16.2 Å². The highest BCUT2D eigenvalue weighted by molar-refractivity contribution is 6.07. The van der Waals surface area contributed by atoms with Gasteiger partial charge in [-0.05, 0) is 60.0 Å². The molecule has 9 nitrogen and oxygen atoms in total. The summed E-state index contributed by atoms with van der Waals surface area (Å²) in [6, 6.07) is 20.2. The molecule has 176 valence electrons. The summed E-state index contributed by atoms with van der Waals surface area (Å²) in [7, 11) is 1.61. The standard InChI is InChI=1S/C26H24N6O3/c1-17-22(18-9-11-20(12-10-18)32-16-28-29(2)25(32)34)7-4-8-23(17)31-14-13-30(26(31)35)21-6-3-5-19(15-21)24(27)33/h3-12,15-16H,13-14H2,1-2H3,(H2,27,33). The first-order valence-corrected chi connectivity index (χ1v) is 11.1. The minimum absolute atomic E-state index is 0.154. The minimum Gasteiger partial charge on any atom is -0.366 e. The third kappa shape index (κ3) is 3.86. The van der Waals surface area contributed by atoms with E-state index in [2.05, 4.69) is 5.10 Å². The van der Waals surface area contributed by atoms with Gasteiger partial charge in [-0.3, -0.25) is 14.6 Å². The van der Waals surface area contributed by atoms with Gasteiger partial charge in [-0.15, -0.1) is 0 Å². The number of aryl methyl sites for hydroxylation is 1. The van der Waals surface area contributed by atoms with Crippen molar-refractivity contribution >= 4 is 23.3 Å². The molecular weight excluding hydrogens is 444 g/mol. The van der Waals surface area contributed by atoms with Crippen LogP contribution in [-0.2, 0) is 7.05 Å². The molecule has 0 aliphatic carbocycles. The van der Waals surface area contributed by atoms with Crippen LogP contribution in [0.5, 0.6) is 0 Å². The van der Waals surface area contributed by atoms with E-state index in [0.717, 1.165) is 28.1 Å². The number of carbonyl (C=O) groups excluding carboxylic acids is 2. The van der Waals surface area contributed by atoms with Crippen LogP contribution in [0, 0.1) is 6.92 Å². The molecule has 0 spiro atoms. The molecule has 0 radical (unpaired) electrons. The second-order valence-corrected chi connectivity index (χ2v) is 8.40. The Morgan fingerprint density at radius 2 is 1.63 bits per heavy atom. The number of hydrogen-bond acceptors (Lipinski definition) is 4. The number of amides is 3. The van der Waals surface area contributed by atoms with Gasteiger partial charge < -0.3 is 5.73 Å². The van der Waals surface area contributed by atoms with Crippen molar-refractivity contribution < 1.29 is 9.59 Å². The van der Waals surface area contributed by atoms with Crippen molar-refractivity contribution in [2.45, 2.75) is 6.92 Å². The molecule has 1 saturated heterocycles. The quantitative estimate of drug-likeness (QED) is 0.486. The van der Waals surface area contributed by atoms with Crippen molar-refractivity contribution in [1.29, 1.82) is 0 Å². The smallest absolute Gasteiger partial charge is 0.350 e. The van der Waals surface area contributed by atoms with Gasteiger partial charge in [0.25, 0.3) is 0 Å². The zero-order chi connectivity index (χ0) is 24.7. The van der Waals surface area contributed by atoms with Crippen molar-refractivity contribution in [3.8, 4) is 16.8 Å². The molecule has 0 atom stereocenters. The molecule has 3 amide bonds. The lowest BCUT2D eigenvalue weighted by Crippen LogP contribution is -2.32. The van der Waals surface area contributed by atoms with Gasteiger partial charge in [-0.2, -0.15) is 5.10 Å². The highest BCUT2D eigenvalue weighted by Crippen LogP contribution is 2.34. The highest BCUT2D eigenvalue weighted by Gasteiger charge is 2.32. The van der Waals surface area contributed by atoms with E-state index in [1.165, 1.54) is 15.6 Å². The van der Waals surface area contributed by atoms with E-state index in [1.54, 1.807) is 41.1 Å². The van der Waals surface area contributed by atoms with Gasteiger partial charge in [0.15, 0.2) is 0 Å². The number of rotatable bonds is 5. The normalized spacial score (nSPS) is 13.5. The summed E-state index contributed by atoms with van der Waals surface area (Å²) in [5, 5.41) is 3.99. The second-order valence-electron chi connectivity index (χ2n) is 8.40. The number of benzene rings is 3. The number of nitrogens with zero attached hydrogens (tertiary/aromatic N) is 5. The van der Waals surface area contributed by atoms with Crippen LogP contribution in [-0.4, -0.2) is 39.4 Å². The van der Waals surface area contributed by atoms with Gasteiger partial charge in [0.1, 0.15) is 6.33 Å². The fourth-order valence-electron chi connectivity index (χ4n) is 4.42. The highest BCUT2D eigenvalue weighted by atomic mass is 16.2. The van der Waals surface area contributed by atoms with E-state index >= 15 is 0 Å². The van der Waals surface area contributed by atoms with Crippen LogP contribution in [0.2, 0.25) is 0 Å². The largest absolute Gasteiger partial charge is 0.366 e. The molecular formula is C26H24N6O3. The molecule has 1 fully saturated rings. The number of nitrogens with two attached hydrogens (primary N) is 1. The van der Waals surface area contributed by atoms with Crippen LogP contribution >= 0.6 is 0 Å². The Morgan fingerprint density at radius 3 is 2.31 bits per heavy atom.